The molecule has 1 rings (SSSR count). The van der Waals surface area contributed by atoms with E-state index >= 15 is 0 Å². The van der Waals surface area contributed by atoms with Crippen molar-refractivity contribution >= 4 is 0 Å². The van der Waals surface area contributed by atoms with E-state index in [1.807, 2.05) is 0 Å². The summed E-state index contributed by atoms with van der Waals surface area (Å²) in [6.07, 6.45) is 5.43. The Hall–Kier alpha value is -0.0800. The molecule has 2 N–H and O–H groups in total. The molecule has 0 amide bonds. The number of nitrogens with one attached hydrogen (secondary N) is 2. The first-order chi connectivity index (χ1) is 7.66. The van der Waals surface area contributed by atoms with Crippen LogP contribution in [0.2, 0.25) is 0 Å². The van der Waals surface area contributed by atoms with Gasteiger partial charge < -0.3 is 10.6 Å². The Bertz CT molecular complexity index is 214. The highest BCUT2D eigenvalue weighted by molar-refractivity contribution is 4.84. The first-order valence-electron chi connectivity index (χ1n) is 7.18. The molecule has 1 saturated carbocycles. The van der Waals surface area contributed by atoms with Crippen molar-refractivity contribution in [2.45, 2.75) is 84.3 Å². The van der Waals surface area contributed by atoms with Gasteiger partial charge in [-0.15, -0.1) is 0 Å². The van der Waals surface area contributed by atoms with Gasteiger partial charge in [0, 0.05) is 17.1 Å². The molecular weight excluding hydrogens is 208 g/mol. The molecule has 0 aromatic rings. The second-order valence-electron chi connectivity index (χ2n) is 7.74. The molecule has 0 aliphatic heterocycles. The maximum absolute atomic E-state index is 3.73. The Morgan fingerprint density at radius 1 is 0.824 bits per heavy atom. The summed E-state index contributed by atoms with van der Waals surface area (Å²) in [5.41, 5.74) is 0.529. The fourth-order valence-electron chi connectivity index (χ4n) is 2.57. The maximum atomic E-state index is 3.73. The van der Waals surface area contributed by atoms with E-state index in [1.54, 1.807) is 0 Å². The largest absolute Gasteiger partial charge is 0.312 e. The van der Waals surface area contributed by atoms with E-state index in [0.717, 1.165) is 12.0 Å². The van der Waals surface area contributed by atoms with E-state index in [2.05, 4.69) is 52.2 Å². The summed E-state index contributed by atoms with van der Waals surface area (Å²) in [5.74, 6) is 0.882. The molecule has 0 heterocycles. The minimum absolute atomic E-state index is 0.264. The molecule has 0 atom stereocenters. The molecule has 0 radical (unpaired) electrons. The highest BCUT2D eigenvalue weighted by Crippen LogP contribution is 2.25. The predicted molar refractivity (Wildman–Crippen MR) is 76.4 cm³/mol. The number of rotatable bonds is 3. The molecule has 2 heteroatoms. The summed E-state index contributed by atoms with van der Waals surface area (Å²) in [5, 5.41) is 7.36. The summed E-state index contributed by atoms with van der Waals surface area (Å²) in [6, 6.07) is 0.737. The number of hydrogen-bond acceptors (Lipinski definition) is 2. The molecule has 0 aromatic carbocycles. The second-order valence-corrected chi connectivity index (χ2v) is 7.74. The van der Waals surface area contributed by atoms with Crippen LogP contribution in [-0.4, -0.2) is 23.7 Å². The van der Waals surface area contributed by atoms with Crippen molar-refractivity contribution in [2.75, 3.05) is 6.54 Å². The van der Waals surface area contributed by atoms with Crippen LogP contribution < -0.4 is 10.6 Å². The van der Waals surface area contributed by atoms with Gasteiger partial charge in [0.1, 0.15) is 0 Å². The zero-order chi connectivity index (χ0) is 13.1. The predicted octanol–water partition coefficient (Wildman–Crippen LogP) is 3.32. The fraction of sp³-hybridized carbons (Fsp3) is 1.00. The van der Waals surface area contributed by atoms with Gasteiger partial charge in [-0.1, -0.05) is 0 Å². The molecule has 0 spiro atoms. The van der Waals surface area contributed by atoms with Crippen LogP contribution in [0.15, 0.2) is 0 Å². The fourth-order valence-corrected chi connectivity index (χ4v) is 2.57. The van der Waals surface area contributed by atoms with Crippen LogP contribution in [-0.2, 0) is 0 Å². The van der Waals surface area contributed by atoms with Crippen molar-refractivity contribution in [1.82, 2.24) is 10.6 Å². The topological polar surface area (TPSA) is 24.1 Å². The Kier molecular flexibility index (Phi) is 5.03. The lowest BCUT2D eigenvalue weighted by Crippen LogP contribution is -2.46. The van der Waals surface area contributed by atoms with Crippen molar-refractivity contribution in [3.8, 4) is 0 Å². The van der Waals surface area contributed by atoms with Crippen LogP contribution >= 0.6 is 0 Å². The third-order valence-electron chi connectivity index (χ3n) is 3.40. The summed E-state index contributed by atoms with van der Waals surface area (Å²) in [7, 11) is 0. The molecular formula is C15H32N2. The highest BCUT2D eigenvalue weighted by Gasteiger charge is 2.24. The smallest absolute Gasteiger partial charge is 0.00990 e. The van der Waals surface area contributed by atoms with Gasteiger partial charge in [0.05, 0.1) is 0 Å². The Labute approximate surface area is 108 Å². The number of hydrogen-bond donors (Lipinski definition) is 2. The van der Waals surface area contributed by atoms with Crippen molar-refractivity contribution in [3.63, 3.8) is 0 Å². The zero-order valence-corrected chi connectivity index (χ0v) is 12.7. The van der Waals surface area contributed by atoms with Crippen LogP contribution in [0.1, 0.15) is 67.2 Å². The molecule has 0 saturated heterocycles. The third kappa shape index (κ3) is 7.05. The minimum atomic E-state index is 0.264. The summed E-state index contributed by atoms with van der Waals surface area (Å²) in [4.78, 5) is 0. The van der Waals surface area contributed by atoms with Crippen LogP contribution in [0.4, 0.5) is 0 Å². The summed E-state index contributed by atoms with van der Waals surface area (Å²) < 4.78 is 0. The Balaban J connectivity index is 2.22. The molecule has 0 aromatic heterocycles. The third-order valence-corrected chi connectivity index (χ3v) is 3.40. The molecule has 102 valence electrons. The molecule has 1 aliphatic rings. The van der Waals surface area contributed by atoms with Gasteiger partial charge in [-0.05, 0) is 79.7 Å². The van der Waals surface area contributed by atoms with E-state index in [-0.39, 0.29) is 11.1 Å². The van der Waals surface area contributed by atoms with Gasteiger partial charge in [-0.3, -0.25) is 0 Å². The van der Waals surface area contributed by atoms with Gasteiger partial charge in [0.25, 0.3) is 0 Å². The van der Waals surface area contributed by atoms with Crippen molar-refractivity contribution < 1.29 is 0 Å². The Morgan fingerprint density at radius 3 is 1.76 bits per heavy atom. The second kappa shape index (κ2) is 5.71. The lowest BCUT2D eigenvalue weighted by atomic mass is 9.84. The lowest BCUT2D eigenvalue weighted by Gasteiger charge is -2.35. The molecule has 0 unspecified atom stereocenters. The quantitative estimate of drug-likeness (QED) is 0.791. The van der Waals surface area contributed by atoms with Crippen LogP contribution in [0.3, 0.4) is 0 Å². The molecule has 1 aliphatic carbocycles. The highest BCUT2D eigenvalue weighted by atomic mass is 15.0. The SMILES string of the molecule is CC(C)(C)NCC1CCC(NC(C)(C)C)CC1. The van der Waals surface area contributed by atoms with E-state index in [4.69, 9.17) is 0 Å². The minimum Gasteiger partial charge on any atom is -0.312 e. The van der Waals surface area contributed by atoms with E-state index in [1.165, 1.54) is 32.2 Å². The zero-order valence-electron chi connectivity index (χ0n) is 12.7. The van der Waals surface area contributed by atoms with Gasteiger partial charge in [-0.2, -0.15) is 0 Å². The van der Waals surface area contributed by atoms with Gasteiger partial charge in [-0.25, -0.2) is 0 Å². The van der Waals surface area contributed by atoms with Crippen molar-refractivity contribution in [3.05, 3.63) is 0 Å². The first-order valence-corrected chi connectivity index (χ1v) is 7.18. The van der Waals surface area contributed by atoms with Crippen molar-refractivity contribution in [2.24, 2.45) is 5.92 Å². The molecule has 0 bridgehead atoms. The maximum Gasteiger partial charge on any atom is 0.00990 e. The Morgan fingerprint density at radius 2 is 1.35 bits per heavy atom. The summed E-state index contributed by atoms with van der Waals surface area (Å²) in [6.45, 7) is 14.7. The average Bonchev–Trinajstić information content (AvgIpc) is 2.13. The monoisotopic (exact) mass is 240 g/mol. The molecule has 1 fully saturated rings. The van der Waals surface area contributed by atoms with Gasteiger partial charge in [0.2, 0.25) is 0 Å². The van der Waals surface area contributed by atoms with Crippen LogP contribution in [0, 0.1) is 5.92 Å². The van der Waals surface area contributed by atoms with E-state index < -0.39 is 0 Å². The van der Waals surface area contributed by atoms with Gasteiger partial charge >= 0.3 is 0 Å². The first kappa shape index (κ1) is 15.0. The normalized spacial score (nSPS) is 27.2. The lowest BCUT2D eigenvalue weighted by molar-refractivity contribution is 0.235. The average molecular weight is 240 g/mol. The van der Waals surface area contributed by atoms with Gasteiger partial charge in [0.15, 0.2) is 0 Å². The van der Waals surface area contributed by atoms with E-state index in [0.29, 0.717) is 0 Å². The van der Waals surface area contributed by atoms with Crippen LogP contribution in [0.5, 0.6) is 0 Å². The van der Waals surface area contributed by atoms with Crippen molar-refractivity contribution in [1.29, 1.82) is 0 Å². The standard InChI is InChI=1S/C15H32N2/c1-14(2,3)16-11-12-7-9-13(10-8-12)17-15(4,5)6/h12-13,16-17H,7-11H2,1-6H3. The van der Waals surface area contributed by atoms with E-state index in [9.17, 15) is 0 Å². The molecule has 2 nitrogen and oxygen atoms in total. The van der Waals surface area contributed by atoms with Crippen LogP contribution in [0.25, 0.3) is 0 Å². The summed E-state index contributed by atoms with van der Waals surface area (Å²) >= 11 is 0. The molecule has 17 heavy (non-hydrogen) atoms.